The summed E-state index contributed by atoms with van der Waals surface area (Å²) >= 11 is 5.63. The van der Waals surface area contributed by atoms with Crippen LogP contribution in [0.15, 0.2) is 22.7 Å². The molecule has 1 amide bonds. The van der Waals surface area contributed by atoms with Crippen molar-refractivity contribution in [2.45, 2.75) is 0 Å². The zero-order valence-corrected chi connectivity index (χ0v) is 14.3. The Morgan fingerprint density at radius 1 is 1.42 bits per heavy atom. The Bertz CT molecular complexity index is 450. The lowest BCUT2D eigenvalue weighted by molar-refractivity contribution is 0.0946. The summed E-state index contributed by atoms with van der Waals surface area (Å²) in [6.45, 7) is 5.80. The summed E-state index contributed by atoms with van der Waals surface area (Å²) < 4.78 is 1.90. The molecule has 1 heterocycles. The molecule has 1 aliphatic rings. The molecule has 0 spiro atoms. The van der Waals surface area contributed by atoms with Gasteiger partial charge in [0.05, 0.1) is 5.56 Å². The molecular formula is C13H17BrIN3O. The number of benzene rings is 1. The number of carbonyl (C=O) groups excluding carboxylic acids is 1. The van der Waals surface area contributed by atoms with E-state index in [1.807, 2.05) is 18.2 Å². The molecule has 104 valence electrons. The molecule has 0 saturated carbocycles. The third-order valence-electron chi connectivity index (χ3n) is 3.10. The van der Waals surface area contributed by atoms with E-state index in [1.54, 1.807) is 0 Å². The Kier molecular flexibility index (Phi) is 6.06. The van der Waals surface area contributed by atoms with E-state index in [-0.39, 0.29) is 5.91 Å². The molecule has 6 heteroatoms. The van der Waals surface area contributed by atoms with Gasteiger partial charge in [0.25, 0.3) is 5.91 Å². The lowest BCUT2D eigenvalue weighted by Crippen LogP contribution is -2.46. The molecule has 0 atom stereocenters. The van der Waals surface area contributed by atoms with E-state index >= 15 is 0 Å². The van der Waals surface area contributed by atoms with Crippen LogP contribution >= 0.6 is 38.5 Å². The molecule has 1 aliphatic heterocycles. The van der Waals surface area contributed by atoms with E-state index in [1.165, 1.54) is 0 Å². The molecule has 1 aromatic carbocycles. The second-order valence-electron chi connectivity index (χ2n) is 4.47. The molecule has 1 aromatic rings. The van der Waals surface area contributed by atoms with Crippen LogP contribution in [-0.4, -0.2) is 50.1 Å². The van der Waals surface area contributed by atoms with Crippen LogP contribution in [0.2, 0.25) is 0 Å². The highest BCUT2D eigenvalue weighted by Crippen LogP contribution is 2.19. The molecule has 1 saturated heterocycles. The molecular weight excluding hydrogens is 421 g/mol. The monoisotopic (exact) mass is 437 g/mol. The van der Waals surface area contributed by atoms with Crippen LogP contribution in [0.3, 0.4) is 0 Å². The number of rotatable bonds is 4. The van der Waals surface area contributed by atoms with Crippen LogP contribution in [0.4, 0.5) is 0 Å². The minimum Gasteiger partial charge on any atom is -0.351 e. The number of halogens is 2. The van der Waals surface area contributed by atoms with Gasteiger partial charge in [-0.05, 0) is 56.7 Å². The molecule has 1 fully saturated rings. The summed E-state index contributed by atoms with van der Waals surface area (Å²) in [5.74, 6) is -0.0134. The third-order valence-corrected chi connectivity index (χ3v) is 4.46. The Balaban J connectivity index is 1.82. The predicted octanol–water partition coefficient (Wildman–Crippen LogP) is 1.69. The average molecular weight is 438 g/mol. The van der Waals surface area contributed by atoms with Gasteiger partial charge in [-0.15, -0.1) is 0 Å². The van der Waals surface area contributed by atoms with E-state index in [9.17, 15) is 4.79 Å². The molecule has 0 unspecified atom stereocenters. The Hall–Kier alpha value is -0.180. The Morgan fingerprint density at radius 3 is 2.89 bits per heavy atom. The van der Waals surface area contributed by atoms with Gasteiger partial charge in [0.1, 0.15) is 0 Å². The number of nitrogens with zero attached hydrogens (tertiary/aromatic N) is 1. The lowest BCUT2D eigenvalue weighted by Gasteiger charge is -2.27. The van der Waals surface area contributed by atoms with Crippen LogP contribution in [0, 0.1) is 3.57 Å². The van der Waals surface area contributed by atoms with E-state index < -0.39 is 0 Å². The summed E-state index contributed by atoms with van der Waals surface area (Å²) in [7, 11) is 0. The Morgan fingerprint density at radius 2 is 2.16 bits per heavy atom. The molecule has 0 bridgehead atoms. The molecule has 4 nitrogen and oxygen atoms in total. The molecule has 19 heavy (non-hydrogen) atoms. The standard InChI is InChI=1S/C13H17BrIN3O/c14-12-2-1-10(15)9-11(12)13(19)17-5-8-18-6-3-16-4-7-18/h1-2,9,16H,3-8H2,(H,17,19). The second-order valence-corrected chi connectivity index (χ2v) is 6.57. The van der Waals surface area contributed by atoms with Gasteiger partial charge in [-0.3, -0.25) is 9.69 Å². The fourth-order valence-electron chi connectivity index (χ4n) is 2.03. The first-order valence-corrected chi connectivity index (χ1v) is 8.20. The van der Waals surface area contributed by atoms with Crippen molar-refractivity contribution in [1.82, 2.24) is 15.5 Å². The van der Waals surface area contributed by atoms with Gasteiger partial charge in [-0.25, -0.2) is 0 Å². The van der Waals surface area contributed by atoms with Gasteiger partial charge in [0, 0.05) is 47.3 Å². The van der Waals surface area contributed by atoms with E-state index in [2.05, 4.69) is 54.1 Å². The topological polar surface area (TPSA) is 44.4 Å². The minimum absolute atomic E-state index is 0.0134. The first-order chi connectivity index (χ1) is 9.16. The van der Waals surface area contributed by atoms with E-state index in [0.717, 1.165) is 40.8 Å². The van der Waals surface area contributed by atoms with Crippen LogP contribution in [-0.2, 0) is 0 Å². The first kappa shape index (κ1) is 15.2. The summed E-state index contributed by atoms with van der Waals surface area (Å²) in [5, 5.41) is 6.30. The van der Waals surface area contributed by atoms with Crippen LogP contribution in [0.1, 0.15) is 10.4 Å². The number of carbonyl (C=O) groups is 1. The highest BCUT2D eigenvalue weighted by molar-refractivity contribution is 14.1. The van der Waals surface area contributed by atoms with Crippen molar-refractivity contribution >= 4 is 44.4 Å². The van der Waals surface area contributed by atoms with Crippen molar-refractivity contribution in [3.8, 4) is 0 Å². The quantitative estimate of drug-likeness (QED) is 0.704. The lowest BCUT2D eigenvalue weighted by atomic mass is 10.2. The maximum atomic E-state index is 12.1. The summed E-state index contributed by atoms with van der Waals surface area (Å²) in [4.78, 5) is 14.4. The summed E-state index contributed by atoms with van der Waals surface area (Å²) in [5.41, 5.74) is 0.701. The van der Waals surface area contributed by atoms with E-state index in [4.69, 9.17) is 0 Å². The highest BCUT2D eigenvalue weighted by atomic mass is 127. The highest BCUT2D eigenvalue weighted by Gasteiger charge is 2.12. The van der Waals surface area contributed by atoms with Crippen LogP contribution in [0.25, 0.3) is 0 Å². The number of hydrogen-bond donors (Lipinski definition) is 2. The van der Waals surface area contributed by atoms with Gasteiger partial charge in [0.15, 0.2) is 0 Å². The van der Waals surface area contributed by atoms with Gasteiger partial charge in [-0.2, -0.15) is 0 Å². The minimum atomic E-state index is -0.0134. The normalized spacial score (nSPS) is 16.3. The number of nitrogens with one attached hydrogen (secondary N) is 2. The molecule has 0 radical (unpaired) electrons. The number of hydrogen-bond acceptors (Lipinski definition) is 3. The van der Waals surface area contributed by atoms with Gasteiger partial charge in [0.2, 0.25) is 0 Å². The zero-order valence-electron chi connectivity index (χ0n) is 10.6. The predicted molar refractivity (Wildman–Crippen MR) is 88.5 cm³/mol. The van der Waals surface area contributed by atoms with Crippen molar-refractivity contribution in [3.05, 3.63) is 31.8 Å². The molecule has 2 N–H and O–H groups in total. The first-order valence-electron chi connectivity index (χ1n) is 6.33. The third kappa shape index (κ3) is 4.70. The maximum absolute atomic E-state index is 12.1. The SMILES string of the molecule is O=C(NCCN1CCNCC1)c1cc(I)ccc1Br. The number of amides is 1. The molecule has 0 aromatic heterocycles. The summed E-state index contributed by atoms with van der Waals surface area (Å²) in [6, 6.07) is 5.78. The van der Waals surface area contributed by atoms with Gasteiger partial charge >= 0.3 is 0 Å². The van der Waals surface area contributed by atoms with Crippen molar-refractivity contribution in [1.29, 1.82) is 0 Å². The smallest absolute Gasteiger partial charge is 0.252 e. The second kappa shape index (κ2) is 7.56. The zero-order chi connectivity index (χ0) is 13.7. The molecule has 2 rings (SSSR count). The summed E-state index contributed by atoms with van der Waals surface area (Å²) in [6.07, 6.45) is 0. The average Bonchev–Trinajstić information content (AvgIpc) is 2.42. The Labute approximate surface area is 135 Å². The van der Waals surface area contributed by atoms with Crippen LogP contribution in [0.5, 0.6) is 0 Å². The van der Waals surface area contributed by atoms with Gasteiger partial charge < -0.3 is 10.6 Å². The van der Waals surface area contributed by atoms with Crippen molar-refractivity contribution in [3.63, 3.8) is 0 Å². The fourth-order valence-corrected chi connectivity index (χ4v) is 2.95. The molecule has 0 aliphatic carbocycles. The van der Waals surface area contributed by atoms with E-state index in [0.29, 0.717) is 12.1 Å². The largest absolute Gasteiger partial charge is 0.351 e. The fraction of sp³-hybridized carbons (Fsp3) is 0.462. The van der Waals surface area contributed by atoms with Gasteiger partial charge in [-0.1, -0.05) is 0 Å². The van der Waals surface area contributed by atoms with Crippen molar-refractivity contribution in [2.24, 2.45) is 0 Å². The van der Waals surface area contributed by atoms with Crippen LogP contribution < -0.4 is 10.6 Å². The maximum Gasteiger partial charge on any atom is 0.252 e. The van der Waals surface area contributed by atoms with Crippen molar-refractivity contribution < 1.29 is 4.79 Å². The van der Waals surface area contributed by atoms with Crippen molar-refractivity contribution in [2.75, 3.05) is 39.3 Å². The number of piperazine rings is 1.